The van der Waals surface area contributed by atoms with Gasteiger partial charge >= 0.3 is 0 Å². The molecule has 1 aromatic carbocycles. The predicted molar refractivity (Wildman–Crippen MR) is 68.6 cm³/mol. The topological polar surface area (TPSA) is 12.4 Å². The van der Waals surface area contributed by atoms with Crippen molar-refractivity contribution in [2.24, 2.45) is 4.99 Å². The molecule has 0 fully saturated rings. The lowest BCUT2D eigenvalue weighted by Crippen LogP contribution is -1.80. The maximum absolute atomic E-state index is 5.79. The molecule has 1 nitrogen and oxygen atoms in total. The van der Waals surface area contributed by atoms with Gasteiger partial charge in [0.1, 0.15) is 5.17 Å². The van der Waals surface area contributed by atoms with Gasteiger partial charge in [0, 0.05) is 11.2 Å². The fourth-order valence-electron chi connectivity index (χ4n) is 1.05. The molecule has 3 heteroatoms. The number of hydrogen-bond acceptors (Lipinski definition) is 1. The van der Waals surface area contributed by atoms with Gasteiger partial charge in [-0.2, -0.15) is 0 Å². The summed E-state index contributed by atoms with van der Waals surface area (Å²) in [5, 5.41) is 1.20. The maximum atomic E-state index is 5.79. The zero-order valence-electron chi connectivity index (χ0n) is 8.37. The normalized spacial score (nSPS) is 12.7. The minimum Gasteiger partial charge on any atom is -0.249 e. The van der Waals surface area contributed by atoms with Gasteiger partial charge in [-0.3, -0.25) is 0 Å². The third kappa shape index (κ3) is 3.90. The van der Waals surface area contributed by atoms with Crippen LogP contribution in [0.3, 0.4) is 0 Å². The molecule has 0 N–H and O–H groups in total. The fourth-order valence-corrected chi connectivity index (χ4v) is 1.22. The standard InChI is InChI=1S/C12H11Cl2N/c1-3-10(8-15-9(2)13)11-4-6-12(14)7-5-11/h3-8H,1H2,2H3/b10-8+,15-9?. The Labute approximate surface area is 99.7 Å². The minimum atomic E-state index is 0.489. The van der Waals surface area contributed by atoms with Crippen molar-refractivity contribution >= 4 is 33.9 Å². The summed E-state index contributed by atoms with van der Waals surface area (Å²) in [5.74, 6) is 0. The molecular formula is C12H11Cl2N. The van der Waals surface area contributed by atoms with Crippen molar-refractivity contribution in [1.29, 1.82) is 0 Å². The average molecular weight is 240 g/mol. The number of rotatable bonds is 3. The highest BCUT2D eigenvalue weighted by atomic mass is 35.5. The van der Waals surface area contributed by atoms with E-state index in [0.29, 0.717) is 10.2 Å². The molecule has 15 heavy (non-hydrogen) atoms. The molecule has 0 unspecified atom stereocenters. The number of benzene rings is 1. The van der Waals surface area contributed by atoms with Crippen LogP contribution in [0.15, 0.2) is 48.1 Å². The Balaban J connectivity index is 3.02. The van der Waals surface area contributed by atoms with Gasteiger partial charge in [0.15, 0.2) is 0 Å². The van der Waals surface area contributed by atoms with Crippen LogP contribution in [-0.2, 0) is 0 Å². The van der Waals surface area contributed by atoms with E-state index in [1.54, 1.807) is 19.2 Å². The van der Waals surface area contributed by atoms with Crippen molar-refractivity contribution in [3.05, 3.63) is 53.7 Å². The Morgan fingerprint density at radius 3 is 2.40 bits per heavy atom. The van der Waals surface area contributed by atoms with E-state index in [-0.39, 0.29) is 0 Å². The van der Waals surface area contributed by atoms with E-state index in [9.17, 15) is 0 Å². The zero-order valence-corrected chi connectivity index (χ0v) is 9.89. The van der Waals surface area contributed by atoms with Gasteiger partial charge in [0.05, 0.1) is 0 Å². The molecule has 0 amide bonds. The molecule has 78 valence electrons. The molecule has 0 bridgehead atoms. The third-order valence-corrected chi connectivity index (χ3v) is 2.13. The summed E-state index contributed by atoms with van der Waals surface area (Å²) >= 11 is 11.4. The summed E-state index contributed by atoms with van der Waals surface area (Å²) in [6.07, 6.45) is 3.41. The maximum Gasteiger partial charge on any atom is 0.103 e. The molecule has 1 rings (SSSR count). The summed E-state index contributed by atoms with van der Waals surface area (Å²) in [6.45, 7) is 5.45. The second-order valence-electron chi connectivity index (χ2n) is 2.92. The van der Waals surface area contributed by atoms with Crippen molar-refractivity contribution in [2.45, 2.75) is 6.92 Å². The van der Waals surface area contributed by atoms with E-state index < -0.39 is 0 Å². The van der Waals surface area contributed by atoms with E-state index in [4.69, 9.17) is 23.2 Å². The fraction of sp³-hybridized carbons (Fsp3) is 0.0833. The van der Waals surface area contributed by atoms with E-state index in [2.05, 4.69) is 11.6 Å². The molecule has 0 aromatic heterocycles. The second-order valence-corrected chi connectivity index (χ2v) is 3.91. The van der Waals surface area contributed by atoms with Crippen LogP contribution in [0.4, 0.5) is 0 Å². The summed E-state index contributed by atoms with van der Waals surface area (Å²) < 4.78 is 0. The van der Waals surface area contributed by atoms with Gasteiger partial charge in [0.2, 0.25) is 0 Å². The minimum absolute atomic E-state index is 0.489. The van der Waals surface area contributed by atoms with Crippen molar-refractivity contribution < 1.29 is 0 Å². The van der Waals surface area contributed by atoms with Crippen LogP contribution in [0.5, 0.6) is 0 Å². The Kier molecular flexibility index (Phi) is 4.60. The third-order valence-electron chi connectivity index (χ3n) is 1.78. The lowest BCUT2D eigenvalue weighted by Gasteiger charge is -2.00. The van der Waals surface area contributed by atoms with Crippen molar-refractivity contribution in [3.8, 4) is 0 Å². The van der Waals surface area contributed by atoms with Crippen molar-refractivity contribution in [2.75, 3.05) is 0 Å². The van der Waals surface area contributed by atoms with Gasteiger partial charge in [0.25, 0.3) is 0 Å². The summed E-state index contributed by atoms with van der Waals surface area (Å²) in [7, 11) is 0. The van der Waals surface area contributed by atoms with Crippen molar-refractivity contribution in [1.82, 2.24) is 0 Å². The average Bonchev–Trinajstić information content (AvgIpc) is 2.21. The van der Waals surface area contributed by atoms with Gasteiger partial charge in [-0.05, 0) is 30.2 Å². The quantitative estimate of drug-likeness (QED) is 0.543. The highest BCUT2D eigenvalue weighted by Gasteiger charge is 1.96. The van der Waals surface area contributed by atoms with Crippen LogP contribution in [0.2, 0.25) is 5.02 Å². The molecule has 0 radical (unpaired) electrons. The largest absolute Gasteiger partial charge is 0.249 e. The molecule has 0 aliphatic carbocycles. The van der Waals surface area contributed by atoms with Crippen LogP contribution < -0.4 is 0 Å². The SMILES string of the molecule is C=C/C(=C\N=C(C)Cl)c1ccc(Cl)cc1. The molecule has 0 saturated carbocycles. The second kappa shape index (κ2) is 5.74. The van der Waals surface area contributed by atoms with Gasteiger partial charge in [-0.1, -0.05) is 48.0 Å². The summed E-state index contributed by atoms with van der Waals surface area (Å²) in [6, 6.07) is 7.47. The molecule has 0 heterocycles. The first-order chi connectivity index (χ1) is 7.13. The van der Waals surface area contributed by atoms with Crippen LogP contribution in [0.1, 0.15) is 12.5 Å². The first kappa shape index (κ1) is 12.0. The van der Waals surface area contributed by atoms with Crippen LogP contribution in [0, 0.1) is 0 Å². The van der Waals surface area contributed by atoms with Gasteiger partial charge in [-0.15, -0.1) is 0 Å². The molecule has 0 aliphatic heterocycles. The Morgan fingerprint density at radius 1 is 1.33 bits per heavy atom. The highest BCUT2D eigenvalue weighted by Crippen LogP contribution is 2.18. The summed E-state index contributed by atoms with van der Waals surface area (Å²) in [4.78, 5) is 4.01. The van der Waals surface area contributed by atoms with Gasteiger partial charge < -0.3 is 0 Å². The molecule has 1 aromatic rings. The van der Waals surface area contributed by atoms with E-state index in [1.807, 2.05) is 24.3 Å². The number of aliphatic imine (C=N–C) groups is 1. The lowest BCUT2D eigenvalue weighted by molar-refractivity contribution is 1.53. The Bertz CT molecular complexity index is 398. The lowest BCUT2D eigenvalue weighted by atomic mass is 10.1. The monoisotopic (exact) mass is 239 g/mol. The molecule has 0 aliphatic rings. The van der Waals surface area contributed by atoms with Crippen LogP contribution in [0.25, 0.3) is 5.57 Å². The van der Waals surface area contributed by atoms with E-state index in [1.165, 1.54) is 0 Å². The number of allylic oxidation sites excluding steroid dienone is 2. The Hall–Kier alpha value is -1.05. The number of nitrogens with zero attached hydrogens (tertiary/aromatic N) is 1. The van der Waals surface area contributed by atoms with Crippen LogP contribution >= 0.6 is 23.2 Å². The van der Waals surface area contributed by atoms with E-state index >= 15 is 0 Å². The Morgan fingerprint density at radius 2 is 1.93 bits per heavy atom. The molecule has 0 spiro atoms. The first-order valence-electron chi connectivity index (χ1n) is 4.42. The molecule has 0 atom stereocenters. The van der Waals surface area contributed by atoms with Crippen LogP contribution in [-0.4, -0.2) is 5.17 Å². The van der Waals surface area contributed by atoms with E-state index in [0.717, 1.165) is 11.1 Å². The summed E-state index contributed by atoms with van der Waals surface area (Å²) in [5.41, 5.74) is 1.92. The zero-order chi connectivity index (χ0) is 11.3. The predicted octanol–water partition coefficient (Wildman–Crippen LogP) is 4.52. The highest BCUT2D eigenvalue weighted by molar-refractivity contribution is 6.64. The molecule has 0 saturated heterocycles. The number of hydrogen-bond donors (Lipinski definition) is 0. The first-order valence-corrected chi connectivity index (χ1v) is 5.17. The smallest absolute Gasteiger partial charge is 0.103 e. The number of halogens is 2. The molecular weight excluding hydrogens is 229 g/mol. The van der Waals surface area contributed by atoms with Gasteiger partial charge in [-0.25, -0.2) is 4.99 Å². The van der Waals surface area contributed by atoms with Crippen molar-refractivity contribution in [3.63, 3.8) is 0 Å².